The van der Waals surface area contributed by atoms with Crippen LogP contribution in [0.3, 0.4) is 0 Å². The lowest BCUT2D eigenvalue weighted by molar-refractivity contribution is -0.152. The standard InChI is InChI=1S/C10H20N2O/c1-8(2)9-6-10-12(11-7-9)4-3-5-13-10/h8-11H,3-7H2,1-2H3/t9-,10+/m1/s1. The maximum Gasteiger partial charge on any atom is 0.123 e. The first-order valence-corrected chi connectivity index (χ1v) is 5.39. The highest BCUT2D eigenvalue weighted by atomic mass is 16.5. The van der Waals surface area contributed by atoms with Crippen LogP contribution >= 0.6 is 0 Å². The largest absolute Gasteiger partial charge is 0.362 e. The van der Waals surface area contributed by atoms with Crippen LogP contribution in [0.2, 0.25) is 0 Å². The summed E-state index contributed by atoms with van der Waals surface area (Å²) in [5.41, 5.74) is 3.46. The normalized spacial score (nSPS) is 36.2. The van der Waals surface area contributed by atoms with Crippen molar-refractivity contribution in [2.45, 2.75) is 32.9 Å². The van der Waals surface area contributed by atoms with E-state index in [2.05, 4.69) is 24.3 Å². The third kappa shape index (κ3) is 2.03. The Morgan fingerprint density at radius 2 is 2.31 bits per heavy atom. The number of fused-ring (bicyclic) bond motifs is 1. The molecule has 0 aliphatic carbocycles. The molecule has 0 aromatic heterocycles. The summed E-state index contributed by atoms with van der Waals surface area (Å²) in [5, 5.41) is 2.27. The van der Waals surface area contributed by atoms with Crippen molar-refractivity contribution in [1.82, 2.24) is 10.4 Å². The predicted molar refractivity (Wildman–Crippen MR) is 52.0 cm³/mol. The highest BCUT2D eigenvalue weighted by molar-refractivity contribution is 4.78. The third-order valence-electron chi connectivity index (χ3n) is 3.20. The molecule has 2 rings (SSSR count). The van der Waals surface area contributed by atoms with Gasteiger partial charge in [-0.05, 0) is 24.7 Å². The van der Waals surface area contributed by atoms with E-state index >= 15 is 0 Å². The summed E-state index contributed by atoms with van der Waals surface area (Å²) in [5.74, 6) is 1.54. The summed E-state index contributed by atoms with van der Waals surface area (Å²) >= 11 is 0. The zero-order chi connectivity index (χ0) is 9.26. The van der Waals surface area contributed by atoms with Gasteiger partial charge in [-0.3, -0.25) is 5.43 Å². The van der Waals surface area contributed by atoms with Gasteiger partial charge in [-0.25, -0.2) is 5.01 Å². The van der Waals surface area contributed by atoms with Crippen LogP contribution in [0.15, 0.2) is 0 Å². The van der Waals surface area contributed by atoms with Gasteiger partial charge >= 0.3 is 0 Å². The Morgan fingerprint density at radius 1 is 1.46 bits per heavy atom. The lowest BCUT2D eigenvalue weighted by Crippen LogP contribution is -2.57. The fourth-order valence-corrected chi connectivity index (χ4v) is 2.15. The van der Waals surface area contributed by atoms with Gasteiger partial charge in [0.05, 0.1) is 6.61 Å². The second-order valence-electron chi connectivity index (χ2n) is 4.47. The minimum Gasteiger partial charge on any atom is -0.362 e. The maximum absolute atomic E-state index is 5.73. The van der Waals surface area contributed by atoms with Crippen molar-refractivity contribution < 1.29 is 4.74 Å². The number of hydrazine groups is 1. The smallest absolute Gasteiger partial charge is 0.123 e. The van der Waals surface area contributed by atoms with Crippen molar-refractivity contribution in [3.05, 3.63) is 0 Å². The Kier molecular flexibility index (Phi) is 2.86. The molecule has 2 heterocycles. The van der Waals surface area contributed by atoms with E-state index in [1.54, 1.807) is 0 Å². The molecule has 0 radical (unpaired) electrons. The van der Waals surface area contributed by atoms with Gasteiger partial charge in [0.2, 0.25) is 0 Å². The lowest BCUT2D eigenvalue weighted by atomic mass is 9.90. The summed E-state index contributed by atoms with van der Waals surface area (Å²) < 4.78 is 5.73. The van der Waals surface area contributed by atoms with Crippen molar-refractivity contribution in [1.29, 1.82) is 0 Å². The molecule has 0 unspecified atom stereocenters. The molecule has 3 nitrogen and oxygen atoms in total. The molecule has 0 amide bonds. The number of hydrogen-bond donors (Lipinski definition) is 1. The van der Waals surface area contributed by atoms with Gasteiger partial charge in [-0.15, -0.1) is 0 Å². The predicted octanol–water partition coefficient (Wildman–Crippen LogP) is 1.22. The van der Waals surface area contributed by atoms with Crippen LogP contribution in [-0.2, 0) is 4.74 Å². The highest BCUT2D eigenvalue weighted by Crippen LogP contribution is 2.25. The van der Waals surface area contributed by atoms with Crippen LogP contribution in [0.25, 0.3) is 0 Å². The van der Waals surface area contributed by atoms with E-state index in [1.807, 2.05) is 0 Å². The Balaban J connectivity index is 1.91. The molecule has 2 saturated heterocycles. The molecule has 1 N–H and O–H groups in total. The third-order valence-corrected chi connectivity index (χ3v) is 3.20. The van der Waals surface area contributed by atoms with E-state index in [4.69, 9.17) is 4.74 Å². The summed E-state index contributed by atoms with van der Waals surface area (Å²) in [6.45, 7) is 7.80. The zero-order valence-corrected chi connectivity index (χ0v) is 8.62. The number of rotatable bonds is 1. The lowest BCUT2D eigenvalue weighted by Gasteiger charge is -2.43. The molecule has 0 aromatic rings. The van der Waals surface area contributed by atoms with Gasteiger partial charge in [0.1, 0.15) is 6.23 Å². The molecule has 76 valence electrons. The minimum absolute atomic E-state index is 0.342. The molecule has 13 heavy (non-hydrogen) atoms. The number of hydrogen-bond acceptors (Lipinski definition) is 3. The summed E-state index contributed by atoms with van der Waals surface area (Å²) in [7, 11) is 0. The van der Waals surface area contributed by atoms with E-state index in [1.165, 1.54) is 6.42 Å². The van der Waals surface area contributed by atoms with Crippen molar-refractivity contribution in [2.75, 3.05) is 19.7 Å². The average molecular weight is 184 g/mol. The first-order valence-electron chi connectivity index (χ1n) is 5.39. The first kappa shape index (κ1) is 9.44. The molecule has 2 atom stereocenters. The Labute approximate surface area is 80.4 Å². The molecule has 3 heteroatoms. The van der Waals surface area contributed by atoms with Crippen LogP contribution in [0.1, 0.15) is 26.7 Å². The molecule has 2 aliphatic heterocycles. The second-order valence-corrected chi connectivity index (χ2v) is 4.47. The fourth-order valence-electron chi connectivity index (χ4n) is 2.15. The Bertz CT molecular complexity index is 172. The Morgan fingerprint density at radius 3 is 3.08 bits per heavy atom. The van der Waals surface area contributed by atoms with E-state index < -0.39 is 0 Å². The molecule has 0 bridgehead atoms. The molecule has 2 fully saturated rings. The van der Waals surface area contributed by atoms with Crippen LogP contribution < -0.4 is 5.43 Å². The van der Waals surface area contributed by atoms with Gasteiger partial charge in [0, 0.05) is 13.1 Å². The van der Waals surface area contributed by atoms with Gasteiger partial charge in [-0.1, -0.05) is 13.8 Å². The van der Waals surface area contributed by atoms with Crippen molar-refractivity contribution in [3.8, 4) is 0 Å². The van der Waals surface area contributed by atoms with E-state index in [0.29, 0.717) is 6.23 Å². The molecule has 2 aliphatic rings. The van der Waals surface area contributed by atoms with Crippen LogP contribution in [0.5, 0.6) is 0 Å². The van der Waals surface area contributed by atoms with Crippen LogP contribution in [0.4, 0.5) is 0 Å². The first-order chi connectivity index (χ1) is 6.27. The van der Waals surface area contributed by atoms with Gasteiger partial charge in [0.25, 0.3) is 0 Å². The molecule has 0 aromatic carbocycles. The highest BCUT2D eigenvalue weighted by Gasteiger charge is 2.31. The maximum atomic E-state index is 5.73. The van der Waals surface area contributed by atoms with Crippen molar-refractivity contribution in [2.24, 2.45) is 11.8 Å². The second kappa shape index (κ2) is 3.95. The summed E-state index contributed by atoms with van der Waals surface area (Å²) in [4.78, 5) is 0. The number of nitrogens with zero attached hydrogens (tertiary/aromatic N) is 1. The Hall–Kier alpha value is -0.120. The van der Waals surface area contributed by atoms with Crippen molar-refractivity contribution in [3.63, 3.8) is 0 Å². The zero-order valence-electron chi connectivity index (χ0n) is 8.62. The van der Waals surface area contributed by atoms with Gasteiger partial charge in [0.15, 0.2) is 0 Å². The van der Waals surface area contributed by atoms with E-state index in [0.717, 1.165) is 38.0 Å². The van der Waals surface area contributed by atoms with Crippen molar-refractivity contribution >= 4 is 0 Å². The quantitative estimate of drug-likeness (QED) is 0.663. The average Bonchev–Trinajstić information content (AvgIpc) is 2.17. The topological polar surface area (TPSA) is 24.5 Å². The van der Waals surface area contributed by atoms with Crippen LogP contribution in [0, 0.1) is 11.8 Å². The molecular weight excluding hydrogens is 164 g/mol. The van der Waals surface area contributed by atoms with E-state index in [9.17, 15) is 0 Å². The summed E-state index contributed by atoms with van der Waals surface area (Å²) in [6.07, 6.45) is 2.70. The SMILES string of the molecule is CC(C)[C@H]1CNN2CCCO[C@H]2C1. The van der Waals surface area contributed by atoms with E-state index in [-0.39, 0.29) is 0 Å². The minimum atomic E-state index is 0.342. The van der Waals surface area contributed by atoms with Gasteiger partial charge < -0.3 is 4.74 Å². The monoisotopic (exact) mass is 184 g/mol. The van der Waals surface area contributed by atoms with Crippen LogP contribution in [-0.4, -0.2) is 30.9 Å². The molecule has 0 spiro atoms. The molecular formula is C10H20N2O. The summed E-state index contributed by atoms with van der Waals surface area (Å²) in [6, 6.07) is 0. The molecule has 0 saturated carbocycles. The number of ether oxygens (including phenoxy) is 1. The fraction of sp³-hybridized carbons (Fsp3) is 1.00. The number of nitrogens with one attached hydrogen (secondary N) is 1. The van der Waals surface area contributed by atoms with Gasteiger partial charge in [-0.2, -0.15) is 0 Å².